The minimum atomic E-state index is -1.11. The van der Waals surface area contributed by atoms with Gasteiger partial charge in [-0.3, -0.25) is 10.1 Å². The molecule has 0 bridgehead atoms. The number of carbonyl (C=O) groups excluding carboxylic acids is 1. The quantitative estimate of drug-likeness (QED) is 0.291. The minimum absolute atomic E-state index is 0.235. The number of aliphatic hydroxyl groups excluding tert-OH is 1. The Morgan fingerprint density at radius 2 is 1.79 bits per heavy atom. The maximum absolute atomic E-state index is 12.5. The third-order valence-corrected chi connectivity index (χ3v) is 5.69. The van der Waals surface area contributed by atoms with Crippen LogP contribution in [0, 0.1) is 0 Å². The molecule has 0 saturated carbocycles. The lowest BCUT2D eigenvalue weighted by molar-refractivity contribution is 0.0952. The molecule has 0 aliphatic heterocycles. The molecule has 3 aromatic rings. The molecule has 0 heterocycles. The van der Waals surface area contributed by atoms with Crippen LogP contribution in [0.2, 0.25) is 5.02 Å². The van der Waals surface area contributed by atoms with Crippen molar-refractivity contribution in [3.63, 3.8) is 0 Å². The highest BCUT2D eigenvalue weighted by Crippen LogP contribution is 2.30. The normalized spacial score (nSPS) is 10.6. The van der Waals surface area contributed by atoms with Crippen LogP contribution in [0.5, 0.6) is 5.75 Å². The lowest BCUT2D eigenvalue weighted by Crippen LogP contribution is -2.25. The van der Waals surface area contributed by atoms with Crippen molar-refractivity contribution in [1.82, 2.24) is 5.32 Å². The Hall–Kier alpha value is -3.55. The van der Waals surface area contributed by atoms with E-state index in [0.717, 1.165) is 36.0 Å². The first-order valence-corrected chi connectivity index (χ1v) is 11.2. The second kappa shape index (κ2) is 12.1. The molecule has 8 heteroatoms. The van der Waals surface area contributed by atoms with Crippen LogP contribution < -0.4 is 15.4 Å². The van der Waals surface area contributed by atoms with Gasteiger partial charge in [-0.2, -0.15) is 0 Å². The van der Waals surface area contributed by atoms with Gasteiger partial charge in [-0.15, -0.1) is 0 Å². The molecule has 0 unspecified atom stereocenters. The number of ether oxygens (including phenoxy) is 1. The van der Waals surface area contributed by atoms with Gasteiger partial charge in [0.1, 0.15) is 5.75 Å². The van der Waals surface area contributed by atoms with Crippen molar-refractivity contribution in [1.29, 1.82) is 0 Å². The molecule has 0 fully saturated rings. The summed E-state index contributed by atoms with van der Waals surface area (Å²) in [5.74, 6) is 0.0923. The predicted octanol–water partition coefficient (Wildman–Crippen LogP) is 5.35. The van der Waals surface area contributed by atoms with Crippen LogP contribution >= 0.6 is 11.6 Å². The SMILES string of the molecule is COc1cc(C(=O)NCCCCc2ccc(-c3ccccc3)c(NC(=O)O)c2)c(Cl)cc1CO. The maximum atomic E-state index is 12.5. The molecule has 0 aliphatic carbocycles. The molecule has 3 aromatic carbocycles. The first-order valence-electron chi connectivity index (χ1n) is 10.9. The van der Waals surface area contributed by atoms with Gasteiger partial charge in [-0.25, -0.2) is 4.79 Å². The summed E-state index contributed by atoms with van der Waals surface area (Å²) in [6.07, 6.45) is 1.16. The van der Waals surface area contributed by atoms with E-state index in [1.54, 1.807) is 0 Å². The van der Waals surface area contributed by atoms with Crippen molar-refractivity contribution in [2.24, 2.45) is 0 Å². The highest BCUT2D eigenvalue weighted by Gasteiger charge is 2.15. The molecular formula is C26H27ClN2O5. The Labute approximate surface area is 203 Å². The molecule has 0 spiro atoms. The average molecular weight is 483 g/mol. The summed E-state index contributed by atoms with van der Waals surface area (Å²) in [6.45, 7) is 0.225. The van der Waals surface area contributed by atoms with Gasteiger partial charge < -0.3 is 20.3 Å². The Morgan fingerprint density at radius 1 is 1.03 bits per heavy atom. The molecule has 0 radical (unpaired) electrons. The van der Waals surface area contributed by atoms with Gasteiger partial charge in [-0.05, 0) is 48.6 Å². The van der Waals surface area contributed by atoms with Crippen molar-refractivity contribution in [2.75, 3.05) is 19.0 Å². The third-order valence-electron chi connectivity index (χ3n) is 5.37. The van der Waals surface area contributed by atoms with E-state index in [2.05, 4.69) is 10.6 Å². The molecule has 0 aliphatic rings. The van der Waals surface area contributed by atoms with Crippen molar-refractivity contribution in [3.8, 4) is 16.9 Å². The molecule has 0 aromatic heterocycles. The molecule has 0 saturated heterocycles. The summed E-state index contributed by atoms with van der Waals surface area (Å²) in [4.78, 5) is 23.8. The number of amides is 2. The number of unbranched alkanes of at least 4 members (excludes halogenated alkanes) is 1. The number of hydrogen-bond donors (Lipinski definition) is 4. The number of rotatable bonds is 10. The molecule has 0 atom stereocenters. The Bertz CT molecular complexity index is 1150. The molecule has 2 amide bonds. The summed E-state index contributed by atoms with van der Waals surface area (Å²) in [7, 11) is 1.47. The van der Waals surface area contributed by atoms with E-state index < -0.39 is 6.09 Å². The highest BCUT2D eigenvalue weighted by molar-refractivity contribution is 6.34. The first-order chi connectivity index (χ1) is 16.4. The van der Waals surface area contributed by atoms with Crippen molar-refractivity contribution < 1.29 is 24.5 Å². The number of anilines is 1. The molecule has 34 heavy (non-hydrogen) atoms. The number of halogens is 1. The van der Waals surface area contributed by atoms with Gasteiger partial charge in [0, 0.05) is 17.7 Å². The second-order valence-electron chi connectivity index (χ2n) is 7.69. The highest BCUT2D eigenvalue weighted by atomic mass is 35.5. The number of hydrogen-bond acceptors (Lipinski definition) is 4. The second-order valence-corrected chi connectivity index (χ2v) is 8.10. The van der Waals surface area contributed by atoms with Crippen LogP contribution in [0.15, 0.2) is 60.7 Å². The van der Waals surface area contributed by atoms with Crippen LogP contribution in [0.25, 0.3) is 11.1 Å². The molecule has 178 valence electrons. The zero-order chi connectivity index (χ0) is 24.5. The summed E-state index contributed by atoms with van der Waals surface area (Å²) < 4.78 is 5.20. The van der Waals surface area contributed by atoms with Gasteiger partial charge in [-0.1, -0.05) is 54.1 Å². The van der Waals surface area contributed by atoms with Crippen LogP contribution in [0.1, 0.15) is 34.3 Å². The van der Waals surface area contributed by atoms with Crippen molar-refractivity contribution in [3.05, 3.63) is 82.4 Å². The molecule has 7 nitrogen and oxygen atoms in total. The summed E-state index contributed by atoms with van der Waals surface area (Å²) in [5.41, 5.74) is 4.10. The van der Waals surface area contributed by atoms with E-state index in [9.17, 15) is 19.8 Å². The fourth-order valence-corrected chi connectivity index (χ4v) is 3.94. The van der Waals surface area contributed by atoms with Gasteiger partial charge in [0.15, 0.2) is 0 Å². The smallest absolute Gasteiger partial charge is 0.409 e. The van der Waals surface area contributed by atoms with E-state index in [1.165, 1.54) is 19.2 Å². The minimum Gasteiger partial charge on any atom is -0.496 e. The lowest BCUT2D eigenvalue weighted by Gasteiger charge is -2.13. The monoisotopic (exact) mass is 482 g/mol. The Kier molecular flexibility index (Phi) is 8.90. The van der Waals surface area contributed by atoms with Crippen LogP contribution in [0.3, 0.4) is 0 Å². The van der Waals surface area contributed by atoms with Crippen molar-refractivity contribution in [2.45, 2.75) is 25.9 Å². The zero-order valence-corrected chi connectivity index (χ0v) is 19.6. The van der Waals surface area contributed by atoms with Crippen LogP contribution in [-0.2, 0) is 13.0 Å². The summed E-state index contributed by atoms with van der Waals surface area (Å²) in [5, 5.41) is 24.2. The number of aliphatic hydroxyl groups is 1. The van der Waals surface area contributed by atoms with Gasteiger partial charge >= 0.3 is 6.09 Å². The molecule has 3 rings (SSSR count). The summed E-state index contributed by atoms with van der Waals surface area (Å²) in [6, 6.07) is 18.4. The fourth-order valence-electron chi connectivity index (χ4n) is 3.67. The number of aryl methyl sites for hydroxylation is 1. The van der Waals surface area contributed by atoms with Gasteiger partial charge in [0.05, 0.1) is 30.0 Å². The number of carbonyl (C=O) groups is 2. The first kappa shape index (κ1) is 25.1. The van der Waals surface area contributed by atoms with Gasteiger partial charge in [0.2, 0.25) is 0 Å². The summed E-state index contributed by atoms with van der Waals surface area (Å²) >= 11 is 6.18. The molecular weight excluding hydrogens is 456 g/mol. The zero-order valence-electron chi connectivity index (χ0n) is 18.8. The number of benzene rings is 3. The van der Waals surface area contributed by atoms with E-state index in [-0.39, 0.29) is 23.1 Å². The predicted molar refractivity (Wildman–Crippen MR) is 133 cm³/mol. The third kappa shape index (κ3) is 6.50. The number of methoxy groups -OCH3 is 1. The maximum Gasteiger partial charge on any atom is 0.409 e. The Balaban J connectivity index is 1.57. The Morgan fingerprint density at radius 3 is 2.47 bits per heavy atom. The van der Waals surface area contributed by atoms with Gasteiger partial charge in [0.25, 0.3) is 5.91 Å². The number of nitrogens with one attached hydrogen (secondary N) is 2. The van der Waals surface area contributed by atoms with Crippen LogP contribution in [0.4, 0.5) is 10.5 Å². The molecule has 4 N–H and O–H groups in total. The van der Waals surface area contributed by atoms with E-state index in [0.29, 0.717) is 23.5 Å². The number of carboxylic acid groups (broad SMARTS) is 1. The van der Waals surface area contributed by atoms with E-state index >= 15 is 0 Å². The van der Waals surface area contributed by atoms with E-state index in [1.807, 2.05) is 48.5 Å². The fraction of sp³-hybridized carbons (Fsp3) is 0.231. The van der Waals surface area contributed by atoms with Crippen molar-refractivity contribution >= 4 is 29.3 Å². The standard InChI is InChI=1S/C26H27ClN2O5/c1-34-24-15-21(22(27)14-19(24)16-30)25(31)28-12-6-5-7-17-10-11-20(18-8-3-2-4-9-18)23(13-17)29-26(32)33/h2-4,8-11,13-15,29-30H,5-7,12,16H2,1H3,(H,28,31)(H,32,33). The van der Waals surface area contributed by atoms with E-state index in [4.69, 9.17) is 16.3 Å². The lowest BCUT2D eigenvalue weighted by atomic mass is 9.99. The largest absolute Gasteiger partial charge is 0.496 e. The topological polar surface area (TPSA) is 108 Å². The average Bonchev–Trinajstić information content (AvgIpc) is 2.83. The van der Waals surface area contributed by atoms with Crippen LogP contribution in [-0.4, -0.2) is 35.9 Å².